The molecule has 0 heterocycles. The first kappa shape index (κ1) is 7.51. The highest BCUT2D eigenvalue weighted by atomic mass is 16.3. The highest BCUT2D eigenvalue weighted by Gasteiger charge is 2.16. The molecule has 0 saturated carbocycles. The Kier molecular flexibility index (Phi) is 2.25. The highest BCUT2D eigenvalue weighted by molar-refractivity contribution is 5.14. The first-order chi connectivity index (χ1) is 4.72. The second kappa shape index (κ2) is 2.99. The number of hydrogen-bond acceptors (Lipinski definition) is 2. The Labute approximate surface area is 60.5 Å². The average Bonchev–Trinajstić information content (AvgIpc) is 2.04. The van der Waals surface area contributed by atoms with Crippen LogP contribution in [0.1, 0.15) is 12.8 Å². The topological polar surface area (TPSA) is 40.5 Å². The van der Waals surface area contributed by atoms with Gasteiger partial charge in [0.2, 0.25) is 0 Å². The molecule has 1 aliphatic rings. The van der Waals surface area contributed by atoms with Crippen LogP contribution < -0.4 is 0 Å². The Hall–Kier alpha value is -0.600. The molecule has 56 valence electrons. The Morgan fingerprint density at radius 1 is 1.20 bits per heavy atom. The summed E-state index contributed by atoms with van der Waals surface area (Å²) in [5, 5.41) is 18.4. The summed E-state index contributed by atoms with van der Waals surface area (Å²) in [6, 6.07) is 0. The van der Waals surface area contributed by atoms with E-state index in [2.05, 4.69) is 6.58 Å². The zero-order chi connectivity index (χ0) is 7.56. The van der Waals surface area contributed by atoms with E-state index in [4.69, 9.17) is 0 Å². The van der Waals surface area contributed by atoms with Crippen LogP contribution in [-0.4, -0.2) is 22.4 Å². The average molecular weight is 140 g/mol. The van der Waals surface area contributed by atoms with Crippen LogP contribution in [0.3, 0.4) is 0 Å². The monoisotopic (exact) mass is 140 g/mol. The van der Waals surface area contributed by atoms with Crippen LogP contribution in [-0.2, 0) is 0 Å². The molecule has 10 heavy (non-hydrogen) atoms. The van der Waals surface area contributed by atoms with Crippen LogP contribution in [0.4, 0.5) is 0 Å². The fourth-order valence-electron chi connectivity index (χ4n) is 0.975. The summed E-state index contributed by atoms with van der Waals surface area (Å²) in [7, 11) is 0. The number of rotatable bonds is 0. The standard InChI is InChI=1S/C8H12O2/c1-6-7(9)4-2-3-5-8(6)10/h2-3,7-10H,1,4-5H2. The fraction of sp³-hybridized carbons (Fsp3) is 0.500. The van der Waals surface area contributed by atoms with Crippen molar-refractivity contribution >= 4 is 0 Å². The largest absolute Gasteiger partial charge is 0.388 e. The SMILES string of the molecule is C=C1C(O)CC=CCC1O. The van der Waals surface area contributed by atoms with Gasteiger partial charge in [0.05, 0.1) is 12.2 Å². The minimum Gasteiger partial charge on any atom is -0.388 e. The van der Waals surface area contributed by atoms with Gasteiger partial charge in [-0.3, -0.25) is 0 Å². The molecule has 0 aromatic rings. The summed E-state index contributed by atoms with van der Waals surface area (Å²) in [6.07, 6.45) is 3.77. The van der Waals surface area contributed by atoms with E-state index in [1.807, 2.05) is 12.2 Å². The Balaban J connectivity index is 2.65. The summed E-state index contributed by atoms with van der Waals surface area (Å²) in [4.78, 5) is 0. The number of aliphatic hydroxyl groups is 2. The van der Waals surface area contributed by atoms with Crippen molar-refractivity contribution in [2.24, 2.45) is 0 Å². The van der Waals surface area contributed by atoms with E-state index in [1.54, 1.807) is 0 Å². The molecule has 2 atom stereocenters. The van der Waals surface area contributed by atoms with E-state index in [-0.39, 0.29) is 0 Å². The normalized spacial score (nSPS) is 34.0. The summed E-state index contributed by atoms with van der Waals surface area (Å²) in [5.41, 5.74) is 0.532. The molecule has 0 radical (unpaired) electrons. The molecule has 0 spiro atoms. The van der Waals surface area contributed by atoms with Crippen molar-refractivity contribution in [1.29, 1.82) is 0 Å². The summed E-state index contributed by atoms with van der Waals surface area (Å²) >= 11 is 0. The summed E-state index contributed by atoms with van der Waals surface area (Å²) in [6.45, 7) is 3.60. The molecule has 2 nitrogen and oxygen atoms in total. The Morgan fingerprint density at radius 2 is 1.60 bits per heavy atom. The lowest BCUT2D eigenvalue weighted by atomic mass is 10.0. The molecule has 0 aromatic heterocycles. The molecular weight excluding hydrogens is 128 g/mol. The molecule has 0 bridgehead atoms. The van der Waals surface area contributed by atoms with Gasteiger partial charge in [0.25, 0.3) is 0 Å². The van der Waals surface area contributed by atoms with Crippen molar-refractivity contribution in [3.8, 4) is 0 Å². The van der Waals surface area contributed by atoms with Gasteiger partial charge in [0.15, 0.2) is 0 Å². The van der Waals surface area contributed by atoms with Gasteiger partial charge in [-0.15, -0.1) is 0 Å². The fourth-order valence-corrected chi connectivity index (χ4v) is 0.975. The van der Waals surface area contributed by atoms with Crippen LogP contribution in [0, 0.1) is 0 Å². The molecule has 1 rings (SSSR count). The maximum absolute atomic E-state index is 9.22. The summed E-state index contributed by atoms with van der Waals surface area (Å²) < 4.78 is 0. The minimum absolute atomic E-state index is 0.532. The van der Waals surface area contributed by atoms with Crippen LogP contribution in [0.25, 0.3) is 0 Å². The molecule has 0 aliphatic heterocycles. The van der Waals surface area contributed by atoms with Gasteiger partial charge in [-0.25, -0.2) is 0 Å². The van der Waals surface area contributed by atoms with Gasteiger partial charge in [0.1, 0.15) is 0 Å². The molecule has 2 heteroatoms. The molecule has 0 amide bonds. The van der Waals surface area contributed by atoms with E-state index in [9.17, 15) is 10.2 Å². The van der Waals surface area contributed by atoms with Gasteiger partial charge in [-0.2, -0.15) is 0 Å². The second-order valence-corrected chi connectivity index (χ2v) is 2.55. The van der Waals surface area contributed by atoms with Crippen molar-refractivity contribution in [3.63, 3.8) is 0 Å². The third-order valence-electron chi connectivity index (χ3n) is 1.74. The zero-order valence-electron chi connectivity index (χ0n) is 5.83. The van der Waals surface area contributed by atoms with Gasteiger partial charge in [-0.1, -0.05) is 18.7 Å². The summed E-state index contributed by atoms with van der Waals surface area (Å²) in [5.74, 6) is 0. The van der Waals surface area contributed by atoms with Crippen molar-refractivity contribution in [3.05, 3.63) is 24.3 Å². The first-order valence-electron chi connectivity index (χ1n) is 3.41. The van der Waals surface area contributed by atoms with Gasteiger partial charge in [0, 0.05) is 0 Å². The molecule has 1 aliphatic carbocycles. The van der Waals surface area contributed by atoms with E-state index in [0.29, 0.717) is 18.4 Å². The van der Waals surface area contributed by atoms with Crippen LogP contribution in [0.5, 0.6) is 0 Å². The number of hydrogen-bond donors (Lipinski definition) is 2. The smallest absolute Gasteiger partial charge is 0.0806 e. The van der Waals surface area contributed by atoms with Crippen molar-refractivity contribution in [2.75, 3.05) is 0 Å². The van der Waals surface area contributed by atoms with E-state index < -0.39 is 12.2 Å². The van der Waals surface area contributed by atoms with Crippen LogP contribution in [0.2, 0.25) is 0 Å². The van der Waals surface area contributed by atoms with Crippen molar-refractivity contribution in [1.82, 2.24) is 0 Å². The third-order valence-corrected chi connectivity index (χ3v) is 1.74. The van der Waals surface area contributed by atoms with E-state index in [1.165, 1.54) is 0 Å². The predicted molar refractivity (Wildman–Crippen MR) is 39.5 cm³/mol. The lowest BCUT2D eigenvalue weighted by Crippen LogP contribution is -2.18. The Morgan fingerprint density at radius 3 is 2.00 bits per heavy atom. The van der Waals surface area contributed by atoms with Crippen molar-refractivity contribution in [2.45, 2.75) is 25.0 Å². The van der Waals surface area contributed by atoms with Crippen molar-refractivity contribution < 1.29 is 10.2 Å². The zero-order valence-corrected chi connectivity index (χ0v) is 5.83. The quantitative estimate of drug-likeness (QED) is 0.484. The molecular formula is C8H12O2. The van der Waals surface area contributed by atoms with Crippen LogP contribution in [0.15, 0.2) is 24.3 Å². The lowest BCUT2D eigenvalue weighted by Gasteiger charge is -2.13. The molecule has 0 aromatic carbocycles. The molecule has 2 N–H and O–H groups in total. The maximum Gasteiger partial charge on any atom is 0.0806 e. The molecule has 0 saturated heterocycles. The first-order valence-corrected chi connectivity index (χ1v) is 3.41. The Bertz CT molecular complexity index is 145. The van der Waals surface area contributed by atoms with Gasteiger partial charge >= 0.3 is 0 Å². The van der Waals surface area contributed by atoms with Crippen LogP contribution >= 0.6 is 0 Å². The molecule has 0 fully saturated rings. The van der Waals surface area contributed by atoms with E-state index >= 15 is 0 Å². The predicted octanol–water partition coefficient (Wildman–Crippen LogP) is 0.614. The third kappa shape index (κ3) is 1.46. The van der Waals surface area contributed by atoms with E-state index in [0.717, 1.165) is 0 Å². The highest BCUT2D eigenvalue weighted by Crippen LogP contribution is 2.16. The number of aliphatic hydroxyl groups excluding tert-OH is 2. The van der Waals surface area contributed by atoms with Gasteiger partial charge < -0.3 is 10.2 Å². The van der Waals surface area contributed by atoms with Gasteiger partial charge in [-0.05, 0) is 18.4 Å². The lowest BCUT2D eigenvalue weighted by molar-refractivity contribution is 0.151. The maximum atomic E-state index is 9.22. The molecule has 2 unspecified atom stereocenters. The second-order valence-electron chi connectivity index (χ2n) is 2.55. The minimum atomic E-state index is -0.561.